The van der Waals surface area contributed by atoms with Crippen molar-refractivity contribution < 1.29 is 0 Å². The molecule has 0 saturated heterocycles. The summed E-state index contributed by atoms with van der Waals surface area (Å²) in [6, 6.07) is 1.96. The van der Waals surface area contributed by atoms with E-state index in [1.54, 1.807) is 5.57 Å². The Kier molecular flexibility index (Phi) is 7.00. The number of rotatable bonds is 7. The largest absolute Gasteiger partial charge is 0.356 e. The Bertz CT molecular complexity index is 475. The summed E-state index contributed by atoms with van der Waals surface area (Å²) in [4.78, 5) is 4.29. The summed E-state index contributed by atoms with van der Waals surface area (Å²) < 4.78 is 1.97. The van der Waals surface area contributed by atoms with Crippen LogP contribution in [0.25, 0.3) is 0 Å². The van der Waals surface area contributed by atoms with Gasteiger partial charge in [-0.3, -0.25) is 9.67 Å². The second kappa shape index (κ2) is 9.28. The third-order valence-corrected chi connectivity index (χ3v) is 4.02. The first-order valence-electron chi connectivity index (χ1n) is 8.38. The van der Waals surface area contributed by atoms with Gasteiger partial charge in [0.05, 0.1) is 0 Å². The standard InChI is InChI=1S/C17H29N5/c1-15(14-22-12-6-10-21-22)13-20-17(18-2)19-11-9-16-7-4-3-5-8-16/h6-7,10,12,15H,3-5,8-9,11,13-14H2,1-2H3,(H2,18,19,20). The summed E-state index contributed by atoms with van der Waals surface area (Å²) in [5, 5.41) is 11.0. The molecule has 1 aliphatic carbocycles. The lowest BCUT2D eigenvalue weighted by molar-refractivity contribution is 0.443. The fourth-order valence-corrected chi connectivity index (χ4v) is 2.76. The molecule has 0 radical (unpaired) electrons. The van der Waals surface area contributed by atoms with Crippen LogP contribution in [0.1, 0.15) is 39.0 Å². The highest BCUT2D eigenvalue weighted by Gasteiger charge is 2.06. The van der Waals surface area contributed by atoms with Crippen LogP contribution in [0.2, 0.25) is 0 Å². The van der Waals surface area contributed by atoms with Gasteiger partial charge in [-0.25, -0.2) is 0 Å². The number of hydrogen-bond acceptors (Lipinski definition) is 2. The maximum absolute atomic E-state index is 4.29. The molecule has 1 heterocycles. The van der Waals surface area contributed by atoms with Crippen molar-refractivity contribution in [3.05, 3.63) is 30.1 Å². The number of nitrogens with one attached hydrogen (secondary N) is 2. The minimum Gasteiger partial charge on any atom is -0.356 e. The Balaban J connectivity index is 1.63. The summed E-state index contributed by atoms with van der Waals surface area (Å²) in [6.07, 6.45) is 12.6. The molecular weight excluding hydrogens is 274 g/mol. The molecule has 1 unspecified atom stereocenters. The van der Waals surface area contributed by atoms with Gasteiger partial charge >= 0.3 is 0 Å². The third kappa shape index (κ3) is 5.92. The molecule has 5 nitrogen and oxygen atoms in total. The molecule has 1 atom stereocenters. The van der Waals surface area contributed by atoms with Crippen LogP contribution in [0, 0.1) is 5.92 Å². The number of allylic oxidation sites excluding steroid dienone is 1. The molecule has 0 aliphatic heterocycles. The van der Waals surface area contributed by atoms with Gasteiger partial charge in [0.25, 0.3) is 0 Å². The number of aliphatic imine (C=N–C) groups is 1. The van der Waals surface area contributed by atoms with Crippen molar-refractivity contribution >= 4 is 5.96 Å². The molecular formula is C17H29N5. The van der Waals surface area contributed by atoms with Gasteiger partial charge in [-0.05, 0) is 44.1 Å². The van der Waals surface area contributed by atoms with E-state index in [1.807, 2.05) is 30.2 Å². The minimum absolute atomic E-state index is 0.500. The van der Waals surface area contributed by atoms with E-state index >= 15 is 0 Å². The zero-order chi connectivity index (χ0) is 15.6. The summed E-state index contributed by atoms with van der Waals surface area (Å²) in [7, 11) is 1.83. The Hall–Kier alpha value is -1.78. The quantitative estimate of drug-likeness (QED) is 0.462. The van der Waals surface area contributed by atoms with Gasteiger partial charge in [0.15, 0.2) is 5.96 Å². The fourth-order valence-electron chi connectivity index (χ4n) is 2.76. The van der Waals surface area contributed by atoms with E-state index in [0.717, 1.165) is 32.0 Å². The SMILES string of the molecule is CN=C(NCCC1=CCCCC1)NCC(C)Cn1cccn1. The van der Waals surface area contributed by atoms with Gasteiger partial charge in [-0.15, -0.1) is 0 Å². The lowest BCUT2D eigenvalue weighted by atomic mass is 9.97. The van der Waals surface area contributed by atoms with Crippen LogP contribution in [-0.4, -0.2) is 35.9 Å². The molecule has 2 rings (SSSR count). The highest BCUT2D eigenvalue weighted by molar-refractivity contribution is 5.79. The molecule has 0 bridgehead atoms. The molecule has 2 N–H and O–H groups in total. The first kappa shape index (κ1) is 16.6. The van der Waals surface area contributed by atoms with Crippen LogP contribution >= 0.6 is 0 Å². The fraction of sp³-hybridized carbons (Fsp3) is 0.647. The lowest BCUT2D eigenvalue weighted by Crippen LogP contribution is -2.40. The van der Waals surface area contributed by atoms with E-state index < -0.39 is 0 Å². The summed E-state index contributed by atoms with van der Waals surface area (Å²) >= 11 is 0. The maximum Gasteiger partial charge on any atom is 0.190 e. The molecule has 1 aromatic rings. The predicted molar refractivity (Wildman–Crippen MR) is 91.9 cm³/mol. The van der Waals surface area contributed by atoms with E-state index in [0.29, 0.717) is 5.92 Å². The van der Waals surface area contributed by atoms with Crippen molar-refractivity contribution in [3.8, 4) is 0 Å². The predicted octanol–water partition coefficient (Wildman–Crippen LogP) is 2.57. The Labute approximate surface area is 133 Å². The van der Waals surface area contributed by atoms with Crippen molar-refractivity contribution in [1.29, 1.82) is 0 Å². The van der Waals surface area contributed by atoms with Crippen molar-refractivity contribution in [2.75, 3.05) is 20.1 Å². The van der Waals surface area contributed by atoms with Crippen LogP contribution in [0.15, 0.2) is 35.1 Å². The highest BCUT2D eigenvalue weighted by Crippen LogP contribution is 2.19. The molecule has 0 spiro atoms. The first-order valence-corrected chi connectivity index (χ1v) is 8.38. The molecule has 0 fully saturated rings. The van der Waals surface area contributed by atoms with Crippen molar-refractivity contribution in [2.45, 2.75) is 45.6 Å². The first-order chi connectivity index (χ1) is 10.8. The number of aromatic nitrogens is 2. The molecule has 0 aromatic carbocycles. The van der Waals surface area contributed by atoms with Gasteiger partial charge < -0.3 is 10.6 Å². The van der Waals surface area contributed by atoms with Crippen molar-refractivity contribution in [1.82, 2.24) is 20.4 Å². The smallest absolute Gasteiger partial charge is 0.190 e. The van der Waals surface area contributed by atoms with Crippen LogP contribution in [0.4, 0.5) is 0 Å². The van der Waals surface area contributed by atoms with Gasteiger partial charge in [-0.1, -0.05) is 18.6 Å². The summed E-state index contributed by atoms with van der Waals surface area (Å²) in [6.45, 7) is 4.99. The van der Waals surface area contributed by atoms with Gasteiger partial charge in [0.2, 0.25) is 0 Å². The van der Waals surface area contributed by atoms with Crippen LogP contribution in [-0.2, 0) is 6.54 Å². The van der Waals surface area contributed by atoms with E-state index in [9.17, 15) is 0 Å². The van der Waals surface area contributed by atoms with Crippen molar-refractivity contribution in [2.24, 2.45) is 10.9 Å². The van der Waals surface area contributed by atoms with Gasteiger partial charge in [-0.2, -0.15) is 5.10 Å². The molecule has 1 aromatic heterocycles. The number of hydrogen-bond donors (Lipinski definition) is 2. The van der Waals surface area contributed by atoms with Crippen LogP contribution in [0.5, 0.6) is 0 Å². The second-order valence-corrected chi connectivity index (χ2v) is 6.07. The van der Waals surface area contributed by atoms with Gasteiger partial charge in [0, 0.05) is 39.1 Å². The van der Waals surface area contributed by atoms with E-state index in [1.165, 1.54) is 25.7 Å². The second-order valence-electron chi connectivity index (χ2n) is 6.07. The maximum atomic E-state index is 4.29. The van der Waals surface area contributed by atoms with E-state index in [2.05, 4.69) is 33.7 Å². The van der Waals surface area contributed by atoms with E-state index in [4.69, 9.17) is 0 Å². The van der Waals surface area contributed by atoms with E-state index in [-0.39, 0.29) is 0 Å². The molecule has 5 heteroatoms. The van der Waals surface area contributed by atoms with Crippen LogP contribution in [0.3, 0.4) is 0 Å². The minimum atomic E-state index is 0.500. The monoisotopic (exact) mass is 303 g/mol. The van der Waals surface area contributed by atoms with Crippen molar-refractivity contribution in [3.63, 3.8) is 0 Å². The Morgan fingerprint density at radius 2 is 2.32 bits per heavy atom. The zero-order valence-corrected chi connectivity index (χ0v) is 13.9. The topological polar surface area (TPSA) is 54.2 Å². The molecule has 22 heavy (non-hydrogen) atoms. The molecule has 0 amide bonds. The summed E-state index contributed by atoms with van der Waals surface area (Å²) in [5.74, 6) is 1.39. The molecule has 0 saturated carbocycles. The average Bonchev–Trinajstić information content (AvgIpc) is 3.04. The zero-order valence-electron chi connectivity index (χ0n) is 13.9. The summed E-state index contributed by atoms with van der Waals surface area (Å²) in [5.41, 5.74) is 1.60. The average molecular weight is 303 g/mol. The Morgan fingerprint density at radius 1 is 1.41 bits per heavy atom. The number of nitrogens with zero attached hydrogens (tertiary/aromatic N) is 3. The number of guanidine groups is 1. The van der Waals surface area contributed by atoms with Crippen LogP contribution < -0.4 is 10.6 Å². The highest BCUT2D eigenvalue weighted by atomic mass is 15.3. The normalized spacial score (nSPS) is 17.0. The van der Waals surface area contributed by atoms with Gasteiger partial charge in [0.1, 0.15) is 0 Å². The Morgan fingerprint density at radius 3 is 3.00 bits per heavy atom. The third-order valence-electron chi connectivity index (χ3n) is 4.02. The lowest BCUT2D eigenvalue weighted by Gasteiger charge is -2.17. The molecule has 1 aliphatic rings. The molecule has 122 valence electrons.